The van der Waals surface area contributed by atoms with Crippen LogP contribution in [0.1, 0.15) is 18.7 Å². The fraction of sp³-hybridized carbons (Fsp3) is 0.375. The summed E-state index contributed by atoms with van der Waals surface area (Å²) in [6.07, 6.45) is 2.45. The third-order valence-electron chi connectivity index (χ3n) is 3.49. The molecule has 1 saturated heterocycles. The SMILES string of the molecule is Cc1nc(NCC2CCCO2)cc(Nc2ccc(F)cc2)n1. The summed E-state index contributed by atoms with van der Waals surface area (Å²) in [5.74, 6) is 1.84. The van der Waals surface area contributed by atoms with Crippen molar-refractivity contribution >= 4 is 17.3 Å². The average molecular weight is 302 g/mol. The molecular weight excluding hydrogens is 283 g/mol. The molecule has 1 aromatic carbocycles. The minimum atomic E-state index is -0.261. The van der Waals surface area contributed by atoms with Crippen molar-refractivity contribution in [2.45, 2.75) is 25.9 Å². The van der Waals surface area contributed by atoms with Gasteiger partial charge in [0, 0.05) is 24.9 Å². The third kappa shape index (κ3) is 3.92. The first-order valence-electron chi connectivity index (χ1n) is 7.43. The minimum Gasteiger partial charge on any atom is -0.376 e. The molecule has 0 saturated carbocycles. The van der Waals surface area contributed by atoms with E-state index < -0.39 is 0 Å². The van der Waals surface area contributed by atoms with Crippen molar-refractivity contribution in [1.82, 2.24) is 9.97 Å². The summed E-state index contributed by atoms with van der Waals surface area (Å²) in [5, 5.41) is 6.44. The molecule has 1 aliphatic rings. The molecule has 6 heteroatoms. The van der Waals surface area contributed by atoms with Crippen LogP contribution in [-0.2, 0) is 4.74 Å². The number of rotatable bonds is 5. The maximum atomic E-state index is 12.9. The van der Waals surface area contributed by atoms with Crippen LogP contribution in [0, 0.1) is 12.7 Å². The first kappa shape index (κ1) is 14.7. The summed E-state index contributed by atoms with van der Waals surface area (Å²) in [6, 6.07) is 8.00. The van der Waals surface area contributed by atoms with Crippen molar-refractivity contribution in [3.05, 3.63) is 42.0 Å². The van der Waals surface area contributed by atoms with E-state index >= 15 is 0 Å². The zero-order valence-electron chi connectivity index (χ0n) is 12.5. The Bertz CT molecular complexity index is 627. The molecule has 0 spiro atoms. The van der Waals surface area contributed by atoms with Gasteiger partial charge in [0.15, 0.2) is 0 Å². The molecule has 0 bridgehead atoms. The molecule has 1 atom stereocenters. The van der Waals surface area contributed by atoms with Crippen LogP contribution in [0.2, 0.25) is 0 Å². The second-order valence-corrected chi connectivity index (χ2v) is 5.33. The molecule has 22 heavy (non-hydrogen) atoms. The Morgan fingerprint density at radius 1 is 1.23 bits per heavy atom. The lowest BCUT2D eigenvalue weighted by molar-refractivity contribution is 0.120. The highest BCUT2D eigenvalue weighted by Gasteiger charge is 2.15. The van der Waals surface area contributed by atoms with Gasteiger partial charge < -0.3 is 15.4 Å². The lowest BCUT2D eigenvalue weighted by Crippen LogP contribution is -2.19. The number of ether oxygens (including phenoxy) is 1. The van der Waals surface area contributed by atoms with Crippen molar-refractivity contribution in [3.8, 4) is 0 Å². The summed E-state index contributed by atoms with van der Waals surface area (Å²) in [6.45, 7) is 3.42. The Labute approximate surface area is 128 Å². The number of aryl methyl sites for hydroxylation is 1. The molecule has 1 fully saturated rings. The van der Waals surface area contributed by atoms with Gasteiger partial charge >= 0.3 is 0 Å². The van der Waals surface area contributed by atoms with Crippen molar-refractivity contribution in [2.24, 2.45) is 0 Å². The molecule has 0 amide bonds. The third-order valence-corrected chi connectivity index (χ3v) is 3.49. The summed E-state index contributed by atoms with van der Waals surface area (Å²) >= 11 is 0. The van der Waals surface area contributed by atoms with Crippen molar-refractivity contribution in [2.75, 3.05) is 23.8 Å². The Kier molecular flexibility index (Phi) is 4.48. The predicted octanol–water partition coefficient (Wildman–Crippen LogP) is 3.26. The normalized spacial score (nSPS) is 17.5. The molecule has 116 valence electrons. The quantitative estimate of drug-likeness (QED) is 0.888. The van der Waals surface area contributed by atoms with Crippen molar-refractivity contribution < 1.29 is 9.13 Å². The molecule has 1 aromatic heterocycles. The second-order valence-electron chi connectivity index (χ2n) is 5.33. The molecule has 2 aromatic rings. The number of hydrogen-bond acceptors (Lipinski definition) is 5. The summed E-state index contributed by atoms with van der Waals surface area (Å²) in [5.41, 5.74) is 0.782. The fourth-order valence-electron chi connectivity index (χ4n) is 2.43. The number of benzene rings is 1. The summed E-state index contributed by atoms with van der Waals surface area (Å²) in [7, 11) is 0. The second kappa shape index (κ2) is 6.70. The van der Waals surface area contributed by atoms with Crippen LogP contribution in [0.3, 0.4) is 0 Å². The Morgan fingerprint density at radius 2 is 2.00 bits per heavy atom. The van der Waals surface area contributed by atoms with E-state index in [9.17, 15) is 4.39 Å². The largest absolute Gasteiger partial charge is 0.376 e. The fourth-order valence-corrected chi connectivity index (χ4v) is 2.43. The molecule has 3 rings (SSSR count). The summed E-state index contributed by atoms with van der Waals surface area (Å²) in [4.78, 5) is 8.72. The van der Waals surface area contributed by atoms with Gasteiger partial charge in [-0.15, -0.1) is 0 Å². The van der Waals surface area contributed by atoms with Crippen molar-refractivity contribution in [1.29, 1.82) is 0 Å². The number of hydrogen-bond donors (Lipinski definition) is 2. The lowest BCUT2D eigenvalue weighted by atomic mass is 10.2. The highest BCUT2D eigenvalue weighted by molar-refractivity contribution is 5.59. The first-order chi connectivity index (χ1) is 10.7. The molecule has 0 aliphatic carbocycles. The van der Waals surface area contributed by atoms with Gasteiger partial charge in [0.1, 0.15) is 23.3 Å². The number of halogens is 1. The van der Waals surface area contributed by atoms with Crippen LogP contribution in [-0.4, -0.2) is 29.2 Å². The lowest BCUT2D eigenvalue weighted by Gasteiger charge is -2.13. The highest BCUT2D eigenvalue weighted by Crippen LogP contribution is 2.19. The van der Waals surface area contributed by atoms with E-state index in [1.165, 1.54) is 12.1 Å². The van der Waals surface area contributed by atoms with E-state index in [1.807, 2.05) is 13.0 Å². The smallest absolute Gasteiger partial charge is 0.136 e. The Balaban J connectivity index is 1.67. The van der Waals surface area contributed by atoms with Gasteiger partial charge in [-0.3, -0.25) is 0 Å². The molecule has 5 nitrogen and oxygen atoms in total. The van der Waals surface area contributed by atoms with E-state index in [1.54, 1.807) is 12.1 Å². The Hall–Kier alpha value is -2.21. The maximum Gasteiger partial charge on any atom is 0.136 e. The van der Waals surface area contributed by atoms with Gasteiger partial charge in [0.05, 0.1) is 6.10 Å². The highest BCUT2D eigenvalue weighted by atomic mass is 19.1. The average Bonchev–Trinajstić information content (AvgIpc) is 3.00. The predicted molar refractivity (Wildman–Crippen MR) is 83.9 cm³/mol. The zero-order valence-corrected chi connectivity index (χ0v) is 12.5. The Morgan fingerprint density at radius 3 is 2.73 bits per heavy atom. The first-order valence-corrected chi connectivity index (χ1v) is 7.43. The number of nitrogens with zero attached hydrogens (tertiary/aromatic N) is 2. The van der Waals surface area contributed by atoms with Crippen LogP contribution in [0.5, 0.6) is 0 Å². The van der Waals surface area contributed by atoms with Gasteiger partial charge in [0.25, 0.3) is 0 Å². The van der Waals surface area contributed by atoms with E-state index in [0.29, 0.717) is 11.6 Å². The van der Waals surface area contributed by atoms with Crippen LogP contribution < -0.4 is 10.6 Å². The van der Waals surface area contributed by atoms with Gasteiger partial charge in [-0.2, -0.15) is 0 Å². The standard InChI is InChI=1S/C16H19FN4O/c1-11-19-15(18-10-14-3-2-8-22-14)9-16(20-11)21-13-6-4-12(17)5-7-13/h4-7,9,14H,2-3,8,10H2,1H3,(H2,18,19,20,21). The molecule has 2 N–H and O–H groups in total. The zero-order chi connectivity index (χ0) is 15.4. The minimum absolute atomic E-state index is 0.253. The number of anilines is 3. The monoisotopic (exact) mass is 302 g/mol. The van der Waals surface area contributed by atoms with Crippen LogP contribution in [0.15, 0.2) is 30.3 Å². The topological polar surface area (TPSA) is 59.1 Å². The molecule has 1 unspecified atom stereocenters. The summed E-state index contributed by atoms with van der Waals surface area (Å²) < 4.78 is 18.5. The molecule has 1 aliphatic heterocycles. The van der Waals surface area contributed by atoms with E-state index in [4.69, 9.17) is 4.74 Å². The molecule has 0 radical (unpaired) electrons. The van der Waals surface area contributed by atoms with Crippen LogP contribution >= 0.6 is 0 Å². The molecular formula is C16H19FN4O. The van der Waals surface area contributed by atoms with E-state index in [0.717, 1.165) is 37.5 Å². The van der Waals surface area contributed by atoms with Gasteiger partial charge in [-0.05, 0) is 44.0 Å². The van der Waals surface area contributed by atoms with Gasteiger partial charge in [-0.25, -0.2) is 14.4 Å². The van der Waals surface area contributed by atoms with Gasteiger partial charge in [0.2, 0.25) is 0 Å². The number of aromatic nitrogens is 2. The van der Waals surface area contributed by atoms with Crippen molar-refractivity contribution in [3.63, 3.8) is 0 Å². The molecule has 2 heterocycles. The van der Waals surface area contributed by atoms with E-state index in [-0.39, 0.29) is 11.9 Å². The van der Waals surface area contributed by atoms with Gasteiger partial charge in [-0.1, -0.05) is 0 Å². The van der Waals surface area contributed by atoms with Crippen LogP contribution in [0.25, 0.3) is 0 Å². The number of nitrogens with one attached hydrogen (secondary N) is 2. The van der Waals surface area contributed by atoms with Crippen LogP contribution in [0.4, 0.5) is 21.7 Å². The maximum absolute atomic E-state index is 12.9. The van der Waals surface area contributed by atoms with E-state index in [2.05, 4.69) is 20.6 Å².